The first-order chi connectivity index (χ1) is 11.6. The molecule has 0 bridgehead atoms. The van der Waals surface area contributed by atoms with E-state index in [4.69, 9.17) is 0 Å². The summed E-state index contributed by atoms with van der Waals surface area (Å²) in [7, 11) is 0. The molecule has 1 heterocycles. The van der Waals surface area contributed by atoms with Crippen LogP contribution in [-0.4, -0.2) is 27.8 Å². The highest BCUT2D eigenvalue weighted by Crippen LogP contribution is 2.22. The van der Waals surface area contributed by atoms with E-state index in [0.717, 1.165) is 42.1 Å². The van der Waals surface area contributed by atoms with Gasteiger partial charge in [0.25, 0.3) is 5.91 Å². The first-order valence-electron chi connectivity index (χ1n) is 8.72. The van der Waals surface area contributed by atoms with Gasteiger partial charge in [0, 0.05) is 22.7 Å². The average Bonchev–Trinajstić information content (AvgIpc) is 3.01. The van der Waals surface area contributed by atoms with Crippen molar-refractivity contribution < 1.29 is 9.90 Å². The number of hydrogen-bond acceptors (Lipinski definition) is 3. The topological polar surface area (TPSA) is 77.5 Å². The van der Waals surface area contributed by atoms with Gasteiger partial charge in [-0.05, 0) is 18.9 Å². The van der Waals surface area contributed by atoms with Gasteiger partial charge < -0.3 is 10.1 Å². The SMILES string of the molecule is CCCCC(O)(CCCC)C(=O)N/N=C/c1c[nH]c2ccccc12. The molecule has 5 nitrogen and oxygen atoms in total. The largest absolute Gasteiger partial charge is 0.380 e. The summed E-state index contributed by atoms with van der Waals surface area (Å²) in [6.07, 6.45) is 7.92. The minimum atomic E-state index is -1.33. The molecule has 1 aromatic carbocycles. The molecule has 0 aliphatic rings. The van der Waals surface area contributed by atoms with Crippen molar-refractivity contribution in [1.29, 1.82) is 0 Å². The maximum absolute atomic E-state index is 12.4. The Labute approximate surface area is 143 Å². The van der Waals surface area contributed by atoms with E-state index in [-0.39, 0.29) is 0 Å². The molecule has 0 fully saturated rings. The zero-order valence-electron chi connectivity index (χ0n) is 14.5. The number of aromatic amines is 1. The maximum Gasteiger partial charge on any atom is 0.271 e. The monoisotopic (exact) mass is 329 g/mol. The lowest BCUT2D eigenvalue weighted by atomic mass is 9.90. The molecule has 0 aliphatic carbocycles. The number of carbonyl (C=O) groups is 1. The van der Waals surface area contributed by atoms with Crippen molar-refractivity contribution in [3.05, 3.63) is 36.0 Å². The van der Waals surface area contributed by atoms with Gasteiger partial charge in [-0.3, -0.25) is 4.79 Å². The molecule has 0 saturated heterocycles. The molecule has 1 amide bonds. The van der Waals surface area contributed by atoms with Crippen LogP contribution in [0.15, 0.2) is 35.6 Å². The van der Waals surface area contributed by atoms with Crippen LogP contribution in [0.1, 0.15) is 57.9 Å². The minimum Gasteiger partial charge on any atom is -0.380 e. The van der Waals surface area contributed by atoms with Gasteiger partial charge in [0.2, 0.25) is 0 Å². The van der Waals surface area contributed by atoms with Crippen LogP contribution in [0, 0.1) is 0 Å². The lowest BCUT2D eigenvalue weighted by Crippen LogP contribution is -2.45. The molecule has 0 spiro atoms. The smallest absolute Gasteiger partial charge is 0.271 e. The summed E-state index contributed by atoms with van der Waals surface area (Å²) in [5.74, 6) is -0.416. The predicted octanol–water partition coefficient (Wildman–Crippen LogP) is 3.73. The van der Waals surface area contributed by atoms with Crippen LogP contribution >= 0.6 is 0 Å². The molecule has 5 heteroatoms. The number of rotatable bonds is 9. The van der Waals surface area contributed by atoms with Crippen LogP contribution in [-0.2, 0) is 4.79 Å². The quantitative estimate of drug-likeness (QED) is 0.484. The van der Waals surface area contributed by atoms with Crippen LogP contribution < -0.4 is 5.43 Å². The predicted molar refractivity (Wildman–Crippen MR) is 98.0 cm³/mol. The van der Waals surface area contributed by atoms with Gasteiger partial charge in [-0.1, -0.05) is 57.7 Å². The van der Waals surface area contributed by atoms with Gasteiger partial charge in [0.15, 0.2) is 0 Å². The molecule has 0 saturated carbocycles. The van der Waals surface area contributed by atoms with Gasteiger partial charge in [-0.2, -0.15) is 5.10 Å². The number of aliphatic hydroxyl groups is 1. The van der Waals surface area contributed by atoms with Crippen LogP contribution in [0.25, 0.3) is 10.9 Å². The molecular weight excluding hydrogens is 302 g/mol. The second kappa shape index (κ2) is 8.64. The molecule has 1 aromatic heterocycles. The number of hydrazone groups is 1. The van der Waals surface area contributed by atoms with Crippen molar-refractivity contribution in [3.63, 3.8) is 0 Å². The van der Waals surface area contributed by atoms with E-state index >= 15 is 0 Å². The average molecular weight is 329 g/mol. The van der Waals surface area contributed by atoms with Crippen molar-refractivity contribution in [3.8, 4) is 0 Å². The third-order valence-electron chi connectivity index (χ3n) is 4.30. The fourth-order valence-electron chi connectivity index (χ4n) is 2.76. The number of aromatic nitrogens is 1. The summed E-state index contributed by atoms with van der Waals surface area (Å²) >= 11 is 0. The highest BCUT2D eigenvalue weighted by Gasteiger charge is 2.34. The van der Waals surface area contributed by atoms with Crippen LogP contribution in [0.4, 0.5) is 0 Å². The van der Waals surface area contributed by atoms with E-state index in [1.54, 1.807) is 6.21 Å². The first-order valence-corrected chi connectivity index (χ1v) is 8.72. The fraction of sp³-hybridized carbons (Fsp3) is 0.474. The Morgan fingerprint density at radius 3 is 2.58 bits per heavy atom. The van der Waals surface area contributed by atoms with E-state index in [2.05, 4.69) is 15.5 Å². The highest BCUT2D eigenvalue weighted by atomic mass is 16.3. The van der Waals surface area contributed by atoms with E-state index in [9.17, 15) is 9.90 Å². The molecule has 0 radical (unpaired) electrons. The fourth-order valence-corrected chi connectivity index (χ4v) is 2.76. The third-order valence-corrected chi connectivity index (χ3v) is 4.30. The van der Waals surface area contributed by atoms with E-state index in [1.165, 1.54) is 0 Å². The Morgan fingerprint density at radius 1 is 1.25 bits per heavy atom. The second-order valence-electron chi connectivity index (χ2n) is 6.23. The zero-order valence-corrected chi connectivity index (χ0v) is 14.5. The summed E-state index contributed by atoms with van der Waals surface area (Å²) in [4.78, 5) is 15.5. The van der Waals surface area contributed by atoms with Crippen LogP contribution in [0.5, 0.6) is 0 Å². The summed E-state index contributed by atoms with van der Waals surface area (Å²) in [6, 6.07) is 7.90. The Morgan fingerprint density at radius 2 is 1.92 bits per heavy atom. The molecule has 0 unspecified atom stereocenters. The highest BCUT2D eigenvalue weighted by molar-refractivity contribution is 5.99. The number of hydrogen-bond donors (Lipinski definition) is 3. The van der Waals surface area contributed by atoms with Crippen molar-refractivity contribution in [2.75, 3.05) is 0 Å². The number of amides is 1. The van der Waals surface area contributed by atoms with Gasteiger partial charge in [0.1, 0.15) is 5.60 Å². The molecule has 0 aliphatic heterocycles. The number of benzene rings is 1. The molecular formula is C19H27N3O2. The normalized spacial score (nSPS) is 12.1. The van der Waals surface area contributed by atoms with Crippen molar-refractivity contribution >= 4 is 23.0 Å². The minimum absolute atomic E-state index is 0.416. The van der Waals surface area contributed by atoms with Gasteiger partial charge in [0.05, 0.1) is 6.21 Å². The molecule has 3 N–H and O–H groups in total. The number of fused-ring (bicyclic) bond motifs is 1. The maximum atomic E-state index is 12.4. The number of H-pyrrole nitrogens is 1. The van der Waals surface area contributed by atoms with E-state index in [0.29, 0.717) is 12.8 Å². The van der Waals surface area contributed by atoms with Crippen molar-refractivity contribution in [2.45, 2.75) is 58.0 Å². The zero-order chi connectivity index (χ0) is 17.4. The number of para-hydroxylation sites is 1. The Bertz CT molecular complexity index is 683. The number of carbonyl (C=O) groups excluding carboxylic acids is 1. The summed E-state index contributed by atoms with van der Waals surface area (Å²) in [5, 5.41) is 15.8. The number of nitrogens with one attached hydrogen (secondary N) is 2. The molecule has 24 heavy (non-hydrogen) atoms. The third kappa shape index (κ3) is 4.45. The number of unbranched alkanes of at least 4 members (excludes halogenated alkanes) is 2. The summed E-state index contributed by atoms with van der Waals surface area (Å²) < 4.78 is 0. The molecule has 130 valence electrons. The molecule has 2 rings (SSSR count). The lowest BCUT2D eigenvalue weighted by molar-refractivity contribution is -0.141. The van der Waals surface area contributed by atoms with Crippen molar-refractivity contribution in [2.24, 2.45) is 5.10 Å². The Hall–Kier alpha value is -2.14. The van der Waals surface area contributed by atoms with E-state index in [1.807, 2.05) is 44.3 Å². The Balaban J connectivity index is 2.03. The summed E-state index contributed by atoms with van der Waals surface area (Å²) in [5.41, 5.74) is 3.10. The van der Waals surface area contributed by atoms with Crippen molar-refractivity contribution in [1.82, 2.24) is 10.4 Å². The number of nitrogens with zero attached hydrogens (tertiary/aromatic N) is 1. The Kier molecular flexibility index (Phi) is 6.55. The van der Waals surface area contributed by atoms with Crippen LogP contribution in [0.2, 0.25) is 0 Å². The van der Waals surface area contributed by atoms with Gasteiger partial charge in [-0.25, -0.2) is 5.43 Å². The summed E-state index contributed by atoms with van der Waals surface area (Å²) in [6.45, 7) is 4.10. The molecule has 0 atom stereocenters. The molecule has 2 aromatic rings. The van der Waals surface area contributed by atoms with Gasteiger partial charge in [-0.15, -0.1) is 0 Å². The lowest BCUT2D eigenvalue weighted by Gasteiger charge is -2.25. The first kappa shape index (κ1) is 18.2. The van der Waals surface area contributed by atoms with Gasteiger partial charge >= 0.3 is 0 Å². The van der Waals surface area contributed by atoms with E-state index < -0.39 is 11.5 Å². The van der Waals surface area contributed by atoms with Crippen LogP contribution in [0.3, 0.4) is 0 Å². The standard InChI is InChI=1S/C19H27N3O2/c1-3-5-11-19(24,12-6-4-2)18(23)22-21-14-15-13-20-17-10-8-7-9-16(15)17/h7-10,13-14,20,24H,3-6,11-12H2,1-2H3,(H,22,23)/b21-14+. The second-order valence-corrected chi connectivity index (χ2v) is 6.23.